The van der Waals surface area contributed by atoms with Gasteiger partial charge in [-0.2, -0.15) is 0 Å². The van der Waals surface area contributed by atoms with Gasteiger partial charge >= 0.3 is 0 Å². The molecular formula is C16H17BrN2O. The van der Waals surface area contributed by atoms with Crippen LogP contribution in [0.1, 0.15) is 21.5 Å². The predicted molar refractivity (Wildman–Crippen MR) is 87.6 cm³/mol. The average molecular weight is 333 g/mol. The number of aryl methyl sites for hydroxylation is 2. The summed E-state index contributed by atoms with van der Waals surface area (Å²) in [5.74, 6) is -0.102. The summed E-state index contributed by atoms with van der Waals surface area (Å²) in [5.41, 5.74) is 4.53. The molecule has 0 aliphatic carbocycles. The Morgan fingerprint density at radius 1 is 1.10 bits per heavy atom. The maximum absolute atomic E-state index is 12.3. The lowest BCUT2D eigenvalue weighted by Crippen LogP contribution is -2.14. The summed E-state index contributed by atoms with van der Waals surface area (Å²) in [6.07, 6.45) is 0. The Morgan fingerprint density at radius 3 is 2.45 bits per heavy atom. The van der Waals surface area contributed by atoms with Crippen molar-refractivity contribution < 1.29 is 4.79 Å². The molecule has 0 saturated heterocycles. The van der Waals surface area contributed by atoms with Crippen molar-refractivity contribution in [2.24, 2.45) is 0 Å². The molecule has 0 saturated carbocycles. The lowest BCUT2D eigenvalue weighted by molar-refractivity contribution is 0.102. The van der Waals surface area contributed by atoms with Crippen LogP contribution in [0.5, 0.6) is 0 Å². The number of benzene rings is 2. The summed E-state index contributed by atoms with van der Waals surface area (Å²) in [5, 5.41) is 5.99. The number of nitrogens with one attached hydrogen (secondary N) is 2. The molecule has 2 N–H and O–H groups in total. The van der Waals surface area contributed by atoms with Gasteiger partial charge in [-0.25, -0.2) is 0 Å². The van der Waals surface area contributed by atoms with Crippen LogP contribution in [0.25, 0.3) is 0 Å². The van der Waals surface area contributed by atoms with Crippen LogP contribution in [-0.2, 0) is 0 Å². The topological polar surface area (TPSA) is 41.1 Å². The second-order valence-electron chi connectivity index (χ2n) is 4.72. The average Bonchev–Trinajstić information content (AvgIpc) is 2.41. The first kappa shape index (κ1) is 14.6. The van der Waals surface area contributed by atoms with Gasteiger partial charge in [-0.3, -0.25) is 4.79 Å². The summed E-state index contributed by atoms with van der Waals surface area (Å²) in [4.78, 5) is 12.3. The van der Waals surface area contributed by atoms with Crippen LogP contribution < -0.4 is 10.6 Å². The van der Waals surface area contributed by atoms with E-state index in [1.807, 2.05) is 57.3 Å². The van der Waals surface area contributed by atoms with Crippen molar-refractivity contribution in [3.8, 4) is 0 Å². The molecule has 0 heterocycles. The third-order valence-electron chi connectivity index (χ3n) is 3.13. The Labute approximate surface area is 127 Å². The van der Waals surface area contributed by atoms with Gasteiger partial charge in [-0.1, -0.05) is 6.07 Å². The molecule has 0 aliphatic heterocycles. The molecule has 0 aromatic heterocycles. The van der Waals surface area contributed by atoms with E-state index in [2.05, 4.69) is 26.6 Å². The standard InChI is InChI=1S/C16H17BrN2O/c1-10-4-7-15(14(17)8-10)19-16(20)13-6-5-12(18-3)9-11(13)2/h4-9,18H,1-3H3,(H,19,20). The van der Waals surface area contributed by atoms with Crippen LogP contribution >= 0.6 is 15.9 Å². The lowest BCUT2D eigenvalue weighted by atomic mass is 10.1. The normalized spacial score (nSPS) is 10.2. The minimum Gasteiger partial charge on any atom is -0.388 e. The van der Waals surface area contributed by atoms with E-state index in [1.165, 1.54) is 0 Å². The highest BCUT2D eigenvalue weighted by atomic mass is 79.9. The molecule has 0 fully saturated rings. The monoisotopic (exact) mass is 332 g/mol. The summed E-state index contributed by atoms with van der Waals surface area (Å²) in [6.45, 7) is 3.94. The van der Waals surface area contributed by atoms with Gasteiger partial charge in [0, 0.05) is 22.8 Å². The van der Waals surface area contributed by atoms with Gasteiger partial charge in [0.05, 0.1) is 5.69 Å². The van der Waals surface area contributed by atoms with Crippen LogP contribution in [0.4, 0.5) is 11.4 Å². The molecular weight excluding hydrogens is 316 g/mol. The van der Waals surface area contributed by atoms with E-state index in [9.17, 15) is 4.79 Å². The van der Waals surface area contributed by atoms with Gasteiger partial charge in [0.25, 0.3) is 5.91 Å². The van der Waals surface area contributed by atoms with E-state index >= 15 is 0 Å². The fourth-order valence-corrected chi connectivity index (χ4v) is 2.58. The van der Waals surface area contributed by atoms with Crippen LogP contribution in [-0.4, -0.2) is 13.0 Å². The molecule has 2 rings (SSSR count). The van der Waals surface area contributed by atoms with Crippen molar-refractivity contribution in [2.45, 2.75) is 13.8 Å². The number of carbonyl (C=O) groups excluding carboxylic acids is 1. The Bertz CT molecular complexity index is 653. The Kier molecular flexibility index (Phi) is 4.45. The van der Waals surface area contributed by atoms with E-state index in [-0.39, 0.29) is 5.91 Å². The van der Waals surface area contributed by atoms with Crippen molar-refractivity contribution in [3.63, 3.8) is 0 Å². The molecule has 2 aromatic carbocycles. The van der Waals surface area contributed by atoms with Crippen LogP contribution in [0.15, 0.2) is 40.9 Å². The van der Waals surface area contributed by atoms with Crippen molar-refractivity contribution in [1.29, 1.82) is 0 Å². The van der Waals surface area contributed by atoms with Crippen molar-refractivity contribution in [3.05, 3.63) is 57.6 Å². The van der Waals surface area contributed by atoms with Crippen LogP contribution in [0.3, 0.4) is 0 Å². The maximum atomic E-state index is 12.3. The maximum Gasteiger partial charge on any atom is 0.255 e. The van der Waals surface area contributed by atoms with Crippen LogP contribution in [0.2, 0.25) is 0 Å². The van der Waals surface area contributed by atoms with Crippen molar-refractivity contribution in [1.82, 2.24) is 0 Å². The molecule has 0 unspecified atom stereocenters. The van der Waals surface area contributed by atoms with Crippen molar-refractivity contribution >= 4 is 33.2 Å². The van der Waals surface area contributed by atoms with E-state index in [4.69, 9.17) is 0 Å². The van der Waals surface area contributed by atoms with Gasteiger partial charge in [0.15, 0.2) is 0 Å². The zero-order chi connectivity index (χ0) is 14.7. The third-order valence-corrected chi connectivity index (χ3v) is 3.79. The highest BCUT2D eigenvalue weighted by Crippen LogP contribution is 2.24. The predicted octanol–water partition coefficient (Wildman–Crippen LogP) is 4.36. The molecule has 0 radical (unpaired) electrons. The minimum absolute atomic E-state index is 0.102. The second kappa shape index (κ2) is 6.09. The minimum atomic E-state index is -0.102. The smallest absolute Gasteiger partial charge is 0.255 e. The fraction of sp³-hybridized carbons (Fsp3) is 0.188. The first-order chi connectivity index (χ1) is 9.51. The molecule has 0 bridgehead atoms. The number of amides is 1. The number of rotatable bonds is 3. The summed E-state index contributed by atoms with van der Waals surface area (Å²) >= 11 is 3.46. The van der Waals surface area contributed by atoms with E-state index in [0.717, 1.165) is 27.0 Å². The molecule has 3 nitrogen and oxygen atoms in total. The third kappa shape index (κ3) is 3.20. The number of anilines is 2. The quantitative estimate of drug-likeness (QED) is 0.876. The molecule has 2 aromatic rings. The van der Waals surface area contributed by atoms with Gasteiger partial charge in [0.2, 0.25) is 0 Å². The van der Waals surface area contributed by atoms with Gasteiger partial charge in [-0.05, 0) is 71.2 Å². The number of carbonyl (C=O) groups is 1. The van der Waals surface area contributed by atoms with Crippen LogP contribution in [0, 0.1) is 13.8 Å². The zero-order valence-electron chi connectivity index (χ0n) is 11.8. The molecule has 104 valence electrons. The first-order valence-corrected chi connectivity index (χ1v) is 7.16. The Balaban J connectivity index is 2.24. The van der Waals surface area contributed by atoms with Gasteiger partial charge in [-0.15, -0.1) is 0 Å². The number of halogens is 1. The van der Waals surface area contributed by atoms with E-state index in [1.54, 1.807) is 0 Å². The highest BCUT2D eigenvalue weighted by Gasteiger charge is 2.11. The van der Waals surface area contributed by atoms with E-state index < -0.39 is 0 Å². The summed E-state index contributed by atoms with van der Waals surface area (Å²) < 4.78 is 0.885. The summed E-state index contributed by atoms with van der Waals surface area (Å²) in [6, 6.07) is 11.5. The molecule has 1 amide bonds. The largest absolute Gasteiger partial charge is 0.388 e. The zero-order valence-corrected chi connectivity index (χ0v) is 13.3. The van der Waals surface area contributed by atoms with Crippen molar-refractivity contribution in [2.75, 3.05) is 17.7 Å². The second-order valence-corrected chi connectivity index (χ2v) is 5.57. The molecule has 4 heteroatoms. The molecule has 0 atom stereocenters. The molecule has 0 spiro atoms. The van der Waals surface area contributed by atoms with Gasteiger partial charge in [0.1, 0.15) is 0 Å². The SMILES string of the molecule is CNc1ccc(C(=O)Nc2ccc(C)cc2Br)c(C)c1. The molecule has 0 aliphatic rings. The molecule has 20 heavy (non-hydrogen) atoms. The summed E-state index contributed by atoms with van der Waals surface area (Å²) in [7, 11) is 1.86. The first-order valence-electron chi connectivity index (χ1n) is 6.37. The number of hydrogen-bond acceptors (Lipinski definition) is 2. The van der Waals surface area contributed by atoms with Gasteiger partial charge < -0.3 is 10.6 Å². The van der Waals surface area contributed by atoms with E-state index in [0.29, 0.717) is 5.56 Å². The Morgan fingerprint density at radius 2 is 1.85 bits per heavy atom. The highest BCUT2D eigenvalue weighted by molar-refractivity contribution is 9.10. The fourth-order valence-electron chi connectivity index (χ4n) is 1.99. The lowest BCUT2D eigenvalue weighted by Gasteiger charge is -2.11. The Hall–Kier alpha value is -1.81. The number of hydrogen-bond donors (Lipinski definition) is 2.